The van der Waals surface area contributed by atoms with Crippen LogP contribution in [-0.2, 0) is 9.53 Å². The Bertz CT molecular complexity index is 1290. The number of carbonyl (C=O) groups is 2. The molecule has 9 heteroatoms. The van der Waals surface area contributed by atoms with Crippen molar-refractivity contribution >= 4 is 35.0 Å². The smallest absolute Gasteiger partial charge is 0.412 e. The Hall–Kier alpha value is -3.96. The molecule has 1 heterocycles. The van der Waals surface area contributed by atoms with Gasteiger partial charge in [0, 0.05) is 21.8 Å². The number of amides is 1. The molecule has 1 saturated carbocycles. The number of hydrogen-bond donors (Lipinski definition) is 3. The summed E-state index contributed by atoms with van der Waals surface area (Å²) < 4.78 is 10.7. The number of carboxylic acids is 1. The SMILES string of the molecule is Cc1noc(C#Cc2ccc(NC3(C(=O)O)CC3)cc2)c1NC(=O)OC(C)c1ccccc1Cl. The van der Waals surface area contributed by atoms with Crippen molar-refractivity contribution in [3.63, 3.8) is 0 Å². The van der Waals surface area contributed by atoms with Gasteiger partial charge in [-0.25, -0.2) is 9.59 Å². The molecule has 4 rings (SSSR count). The second kappa shape index (κ2) is 9.49. The fraction of sp³-hybridized carbons (Fsp3) is 0.240. The average Bonchev–Trinajstić information content (AvgIpc) is 3.52. The Kier molecular flexibility index (Phi) is 6.48. The zero-order valence-electron chi connectivity index (χ0n) is 18.5. The van der Waals surface area contributed by atoms with Crippen molar-refractivity contribution in [2.75, 3.05) is 10.6 Å². The van der Waals surface area contributed by atoms with Crippen molar-refractivity contribution in [2.24, 2.45) is 0 Å². The highest BCUT2D eigenvalue weighted by Gasteiger charge is 2.50. The molecular weight excluding hydrogens is 458 g/mol. The number of aromatic nitrogens is 1. The van der Waals surface area contributed by atoms with Crippen LogP contribution in [0.1, 0.15) is 48.5 Å². The van der Waals surface area contributed by atoms with E-state index in [1.165, 1.54) is 0 Å². The third kappa shape index (κ3) is 5.16. The highest BCUT2D eigenvalue weighted by molar-refractivity contribution is 6.31. The molecule has 3 aromatic rings. The first-order valence-corrected chi connectivity index (χ1v) is 11.0. The number of carbonyl (C=O) groups excluding carboxylic acids is 1. The molecule has 1 amide bonds. The zero-order valence-corrected chi connectivity index (χ0v) is 19.3. The summed E-state index contributed by atoms with van der Waals surface area (Å²) in [7, 11) is 0. The number of nitrogens with zero attached hydrogens (tertiary/aromatic N) is 1. The van der Waals surface area contributed by atoms with Gasteiger partial charge in [-0.1, -0.05) is 40.9 Å². The summed E-state index contributed by atoms with van der Waals surface area (Å²) in [5.41, 5.74) is 1.99. The van der Waals surface area contributed by atoms with E-state index in [0.717, 1.165) is 0 Å². The first-order chi connectivity index (χ1) is 16.3. The normalized spacial score (nSPS) is 14.3. The number of halogens is 1. The van der Waals surface area contributed by atoms with Crippen LogP contribution in [-0.4, -0.2) is 27.9 Å². The summed E-state index contributed by atoms with van der Waals surface area (Å²) in [5, 5.41) is 19.4. The number of anilines is 2. The maximum Gasteiger partial charge on any atom is 0.412 e. The summed E-state index contributed by atoms with van der Waals surface area (Å²) in [6.07, 6.45) is -0.0510. The van der Waals surface area contributed by atoms with Gasteiger partial charge in [0.1, 0.15) is 23.0 Å². The van der Waals surface area contributed by atoms with Gasteiger partial charge < -0.3 is 19.7 Å². The summed E-state index contributed by atoms with van der Waals surface area (Å²) >= 11 is 6.17. The van der Waals surface area contributed by atoms with Gasteiger partial charge in [0.2, 0.25) is 5.76 Å². The van der Waals surface area contributed by atoms with E-state index in [4.69, 9.17) is 20.9 Å². The molecule has 0 saturated heterocycles. The van der Waals surface area contributed by atoms with Crippen LogP contribution in [0.25, 0.3) is 0 Å². The van der Waals surface area contributed by atoms with E-state index >= 15 is 0 Å². The second-order valence-electron chi connectivity index (χ2n) is 8.01. The van der Waals surface area contributed by atoms with Crippen molar-refractivity contribution in [1.82, 2.24) is 5.16 Å². The molecule has 0 aliphatic heterocycles. The van der Waals surface area contributed by atoms with Gasteiger partial charge in [0.25, 0.3) is 0 Å². The fourth-order valence-corrected chi connectivity index (χ4v) is 3.61. The lowest BCUT2D eigenvalue weighted by molar-refractivity contribution is -0.138. The lowest BCUT2D eigenvalue weighted by Gasteiger charge is -2.15. The van der Waals surface area contributed by atoms with Crippen LogP contribution in [0.3, 0.4) is 0 Å². The molecule has 1 unspecified atom stereocenters. The van der Waals surface area contributed by atoms with E-state index in [0.29, 0.717) is 46.1 Å². The lowest BCUT2D eigenvalue weighted by Crippen LogP contribution is -2.31. The van der Waals surface area contributed by atoms with E-state index in [2.05, 4.69) is 27.6 Å². The fourth-order valence-electron chi connectivity index (χ4n) is 3.32. The summed E-state index contributed by atoms with van der Waals surface area (Å²) in [4.78, 5) is 23.8. The van der Waals surface area contributed by atoms with E-state index in [-0.39, 0.29) is 5.76 Å². The maximum atomic E-state index is 12.4. The Labute approximate surface area is 201 Å². The third-order valence-corrected chi connectivity index (χ3v) is 5.81. The van der Waals surface area contributed by atoms with E-state index < -0.39 is 23.7 Å². The molecule has 174 valence electrons. The first-order valence-electron chi connectivity index (χ1n) is 10.6. The van der Waals surface area contributed by atoms with E-state index in [1.54, 1.807) is 56.3 Å². The van der Waals surface area contributed by atoms with Gasteiger partial charge in [0.15, 0.2) is 0 Å². The molecule has 0 spiro atoms. The minimum atomic E-state index is -0.858. The quantitative estimate of drug-likeness (QED) is 0.407. The standard InChI is InChI=1S/C25H22ClN3O5/c1-15-22(27-24(32)33-16(2)19-5-3-4-6-20(19)26)21(34-29-15)12-9-17-7-10-18(11-8-17)28-25(13-14-25)23(30)31/h3-8,10-11,16,28H,13-14H2,1-2H3,(H,27,32)(H,30,31). The monoisotopic (exact) mass is 479 g/mol. The number of ether oxygens (including phenoxy) is 1. The molecule has 1 aromatic heterocycles. The number of carboxylic acid groups (broad SMARTS) is 1. The summed E-state index contributed by atoms with van der Waals surface area (Å²) in [5.74, 6) is 5.15. The third-order valence-electron chi connectivity index (χ3n) is 5.47. The summed E-state index contributed by atoms with van der Waals surface area (Å²) in [6.45, 7) is 3.40. The molecule has 34 heavy (non-hydrogen) atoms. The Balaban J connectivity index is 1.42. The molecule has 2 aromatic carbocycles. The van der Waals surface area contributed by atoms with Crippen molar-refractivity contribution in [2.45, 2.75) is 38.3 Å². The number of nitrogens with one attached hydrogen (secondary N) is 2. The highest BCUT2D eigenvalue weighted by Crippen LogP contribution is 2.39. The van der Waals surface area contributed by atoms with Crippen LogP contribution >= 0.6 is 11.6 Å². The number of aliphatic carboxylic acids is 1. The molecule has 0 bridgehead atoms. The van der Waals surface area contributed by atoms with Crippen LogP contribution in [0.5, 0.6) is 0 Å². The second-order valence-corrected chi connectivity index (χ2v) is 8.41. The van der Waals surface area contributed by atoms with Gasteiger partial charge in [-0.05, 0) is 62.9 Å². The average molecular weight is 480 g/mol. The predicted molar refractivity (Wildman–Crippen MR) is 127 cm³/mol. The van der Waals surface area contributed by atoms with Gasteiger partial charge in [-0.2, -0.15) is 0 Å². The van der Waals surface area contributed by atoms with Crippen molar-refractivity contribution in [3.8, 4) is 11.8 Å². The Morgan fingerprint density at radius 3 is 2.53 bits per heavy atom. The molecule has 8 nitrogen and oxygen atoms in total. The van der Waals surface area contributed by atoms with Crippen molar-refractivity contribution in [3.05, 3.63) is 76.1 Å². The molecule has 3 N–H and O–H groups in total. The predicted octanol–water partition coefficient (Wildman–Crippen LogP) is 5.38. The van der Waals surface area contributed by atoms with Crippen molar-refractivity contribution < 1.29 is 24.0 Å². The minimum Gasteiger partial charge on any atom is -0.480 e. The number of rotatable bonds is 6. The number of benzene rings is 2. The minimum absolute atomic E-state index is 0.185. The van der Waals surface area contributed by atoms with Crippen LogP contribution in [0.15, 0.2) is 53.1 Å². The number of aryl methyl sites for hydroxylation is 1. The van der Waals surface area contributed by atoms with E-state index in [1.807, 2.05) is 6.07 Å². The van der Waals surface area contributed by atoms with Crippen LogP contribution in [0.2, 0.25) is 5.02 Å². The zero-order chi connectivity index (χ0) is 24.3. The van der Waals surface area contributed by atoms with Crippen LogP contribution in [0.4, 0.5) is 16.2 Å². The Morgan fingerprint density at radius 2 is 1.88 bits per heavy atom. The number of hydrogen-bond acceptors (Lipinski definition) is 6. The first kappa shape index (κ1) is 23.2. The topological polar surface area (TPSA) is 114 Å². The molecule has 0 radical (unpaired) electrons. The molecule has 1 atom stereocenters. The van der Waals surface area contributed by atoms with Gasteiger partial charge in [-0.3, -0.25) is 5.32 Å². The molecular formula is C25H22ClN3O5. The molecule has 1 aliphatic carbocycles. The largest absolute Gasteiger partial charge is 0.480 e. The maximum absolute atomic E-state index is 12.4. The Morgan fingerprint density at radius 1 is 1.18 bits per heavy atom. The summed E-state index contributed by atoms with van der Waals surface area (Å²) in [6, 6.07) is 14.2. The van der Waals surface area contributed by atoms with Gasteiger partial charge in [0.05, 0.1) is 0 Å². The lowest BCUT2D eigenvalue weighted by atomic mass is 10.1. The van der Waals surface area contributed by atoms with Crippen LogP contribution < -0.4 is 10.6 Å². The van der Waals surface area contributed by atoms with Gasteiger partial charge in [-0.15, -0.1) is 0 Å². The molecule has 1 fully saturated rings. The van der Waals surface area contributed by atoms with E-state index in [9.17, 15) is 14.7 Å². The molecule has 1 aliphatic rings. The van der Waals surface area contributed by atoms with Gasteiger partial charge >= 0.3 is 12.1 Å². The van der Waals surface area contributed by atoms with Crippen molar-refractivity contribution in [1.29, 1.82) is 0 Å². The van der Waals surface area contributed by atoms with Crippen LogP contribution in [0, 0.1) is 18.8 Å². The highest BCUT2D eigenvalue weighted by atomic mass is 35.5.